The molecule has 0 spiro atoms. The maximum absolute atomic E-state index is 11.0. The van der Waals surface area contributed by atoms with Crippen LogP contribution < -0.4 is 14.8 Å². The fourth-order valence-electron chi connectivity index (χ4n) is 3.45. The molecule has 3 rings (SSSR count). The van der Waals surface area contributed by atoms with E-state index in [1.807, 2.05) is 19.9 Å². The second kappa shape index (κ2) is 9.47. The second-order valence-corrected chi connectivity index (χ2v) is 7.63. The molecule has 1 aromatic heterocycles. The van der Waals surface area contributed by atoms with Crippen LogP contribution in [0.3, 0.4) is 0 Å². The Morgan fingerprint density at radius 3 is 2.71 bits per heavy atom. The third kappa shape index (κ3) is 5.52. The van der Waals surface area contributed by atoms with E-state index < -0.39 is 0 Å². The maximum Gasteiger partial charge on any atom is 0.294 e. The Hall–Kier alpha value is -1.99. The van der Waals surface area contributed by atoms with Gasteiger partial charge in [0.1, 0.15) is 11.9 Å². The van der Waals surface area contributed by atoms with Gasteiger partial charge in [-0.25, -0.2) is 0 Å². The summed E-state index contributed by atoms with van der Waals surface area (Å²) in [6.07, 6.45) is 3.98. The highest BCUT2D eigenvalue weighted by molar-refractivity contribution is 6.32. The Bertz CT molecular complexity index is 802. The monoisotopic (exact) mass is 409 g/mol. The number of ether oxygens (including phenoxy) is 3. The van der Waals surface area contributed by atoms with Gasteiger partial charge >= 0.3 is 0 Å². The summed E-state index contributed by atoms with van der Waals surface area (Å²) in [4.78, 5) is 18.7. The summed E-state index contributed by atoms with van der Waals surface area (Å²) in [5, 5.41) is 3.37. The molecule has 1 aromatic carbocycles. The number of benzene rings is 1. The first-order chi connectivity index (χ1) is 13.4. The standard InChI is InChI=1S/C20H28ClN3O4/c1-4-26-19-10-18-17(9-16(19)21)23-20(24-18)28-15-7-5-14(6-8-15)27-11-12(2)22-13(3)25/h9-10,12,14-15H,4-8,11H2,1-3H3,(H,22,25)(H,23,24)/t12-,14-,15-/m0/s1. The van der Waals surface area contributed by atoms with Gasteiger partial charge in [0.2, 0.25) is 5.91 Å². The van der Waals surface area contributed by atoms with Crippen molar-refractivity contribution in [3.63, 3.8) is 0 Å². The summed E-state index contributed by atoms with van der Waals surface area (Å²) >= 11 is 6.22. The number of halogens is 1. The zero-order valence-corrected chi connectivity index (χ0v) is 17.3. The molecule has 2 N–H and O–H groups in total. The molecule has 1 aliphatic carbocycles. The zero-order valence-electron chi connectivity index (χ0n) is 16.6. The number of rotatable bonds is 8. The molecule has 8 heteroatoms. The highest BCUT2D eigenvalue weighted by atomic mass is 35.5. The van der Waals surface area contributed by atoms with Gasteiger partial charge < -0.3 is 24.5 Å². The highest BCUT2D eigenvalue weighted by Gasteiger charge is 2.24. The van der Waals surface area contributed by atoms with Gasteiger partial charge in [-0.2, -0.15) is 4.98 Å². The Balaban J connectivity index is 1.50. The van der Waals surface area contributed by atoms with Gasteiger partial charge in [-0.05, 0) is 45.6 Å². The molecule has 0 bridgehead atoms. The van der Waals surface area contributed by atoms with Gasteiger partial charge in [0.15, 0.2) is 0 Å². The van der Waals surface area contributed by atoms with Crippen LogP contribution in [0.2, 0.25) is 5.02 Å². The molecule has 1 amide bonds. The molecule has 28 heavy (non-hydrogen) atoms. The first-order valence-corrected chi connectivity index (χ1v) is 10.2. The van der Waals surface area contributed by atoms with Crippen LogP contribution >= 0.6 is 11.6 Å². The van der Waals surface area contributed by atoms with Crippen molar-refractivity contribution in [2.75, 3.05) is 13.2 Å². The Morgan fingerprint density at radius 2 is 2.04 bits per heavy atom. The molecule has 154 valence electrons. The number of nitrogens with zero attached hydrogens (tertiary/aromatic N) is 1. The molecule has 1 heterocycles. The van der Waals surface area contributed by atoms with Crippen molar-refractivity contribution in [2.45, 2.75) is 64.7 Å². The van der Waals surface area contributed by atoms with Gasteiger partial charge in [-0.3, -0.25) is 4.79 Å². The first kappa shape index (κ1) is 20.7. The Labute approximate surface area is 170 Å². The predicted octanol–water partition coefficient (Wildman–Crippen LogP) is 3.85. The van der Waals surface area contributed by atoms with Crippen LogP contribution in [0.5, 0.6) is 11.8 Å². The van der Waals surface area contributed by atoms with Crippen LogP contribution in [-0.2, 0) is 9.53 Å². The third-order valence-electron chi connectivity index (χ3n) is 4.74. The van der Waals surface area contributed by atoms with Gasteiger partial charge in [0.05, 0.1) is 35.4 Å². The predicted molar refractivity (Wildman–Crippen MR) is 108 cm³/mol. The molecule has 1 aliphatic rings. The molecule has 7 nitrogen and oxygen atoms in total. The van der Waals surface area contributed by atoms with Crippen molar-refractivity contribution < 1.29 is 19.0 Å². The fraction of sp³-hybridized carbons (Fsp3) is 0.600. The molecule has 0 radical (unpaired) electrons. The number of carbonyl (C=O) groups is 1. The molecule has 2 aromatic rings. The van der Waals surface area contributed by atoms with E-state index in [9.17, 15) is 4.79 Å². The van der Waals surface area contributed by atoms with Crippen LogP contribution in [0.15, 0.2) is 12.1 Å². The summed E-state index contributed by atoms with van der Waals surface area (Å²) in [5.74, 6) is 0.603. The van der Waals surface area contributed by atoms with Gasteiger partial charge in [0, 0.05) is 19.0 Å². The van der Waals surface area contributed by atoms with Gasteiger partial charge in [-0.1, -0.05) is 11.6 Å². The van der Waals surface area contributed by atoms with Crippen molar-refractivity contribution in [3.8, 4) is 11.8 Å². The van der Waals surface area contributed by atoms with Gasteiger partial charge in [0.25, 0.3) is 6.01 Å². The third-order valence-corrected chi connectivity index (χ3v) is 5.04. The molecular weight excluding hydrogens is 382 g/mol. The normalized spacial score (nSPS) is 20.7. The number of aromatic amines is 1. The largest absolute Gasteiger partial charge is 0.492 e. The van der Waals surface area contributed by atoms with Crippen molar-refractivity contribution in [2.24, 2.45) is 0 Å². The van der Waals surface area contributed by atoms with Crippen molar-refractivity contribution in [3.05, 3.63) is 17.2 Å². The van der Waals surface area contributed by atoms with Crippen LogP contribution in [0.1, 0.15) is 46.5 Å². The average Bonchev–Trinajstić information content (AvgIpc) is 3.02. The number of carbonyl (C=O) groups excluding carboxylic acids is 1. The van der Waals surface area contributed by atoms with Crippen LogP contribution in [-0.4, -0.2) is 47.3 Å². The lowest BCUT2D eigenvalue weighted by molar-refractivity contribution is -0.120. The molecule has 1 atom stereocenters. The van der Waals surface area contributed by atoms with Crippen molar-refractivity contribution in [1.82, 2.24) is 15.3 Å². The van der Waals surface area contributed by atoms with E-state index in [4.69, 9.17) is 25.8 Å². The lowest BCUT2D eigenvalue weighted by Gasteiger charge is -2.29. The number of amides is 1. The second-order valence-electron chi connectivity index (χ2n) is 7.23. The maximum atomic E-state index is 11.0. The highest BCUT2D eigenvalue weighted by Crippen LogP contribution is 2.31. The lowest BCUT2D eigenvalue weighted by Crippen LogP contribution is -2.36. The number of aromatic nitrogens is 2. The number of hydrogen-bond acceptors (Lipinski definition) is 5. The SMILES string of the molecule is CCOc1cc2[nH]c(O[C@H]3CC[C@H](OC[C@H](C)NC(C)=O)CC3)nc2cc1Cl. The van der Waals surface area contributed by atoms with Crippen LogP contribution in [0.4, 0.5) is 0 Å². The Morgan fingerprint density at radius 1 is 1.32 bits per heavy atom. The molecule has 0 saturated heterocycles. The zero-order chi connectivity index (χ0) is 20.1. The van der Waals surface area contributed by atoms with Crippen LogP contribution in [0, 0.1) is 0 Å². The van der Waals surface area contributed by atoms with Crippen LogP contribution in [0.25, 0.3) is 11.0 Å². The summed E-state index contributed by atoms with van der Waals surface area (Å²) in [6, 6.07) is 4.16. The summed E-state index contributed by atoms with van der Waals surface area (Å²) in [6.45, 7) is 6.46. The molecule has 1 fully saturated rings. The number of hydrogen-bond donors (Lipinski definition) is 2. The molecule has 0 unspecified atom stereocenters. The summed E-state index contributed by atoms with van der Waals surface area (Å²) in [7, 11) is 0. The van der Waals surface area contributed by atoms with E-state index in [0.29, 0.717) is 30.0 Å². The molecular formula is C20H28ClN3O4. The van der Waals surface area contributed by atoms with E-state index in [0.717, 1.165) is 36.7 Å². The number of H-pyrrole nitrogens is 1. The van der Waals surface area contributed by atoms with E-state index in [1.54, 1.807) is 6.07 Å². The topological polar surface area (TPSA) is 85.5 Å². The smallest absolute Gasteiger partial charge is 0.294 e. The fourth-order valence-corrected chi connectivity index (χ4v) is 3.67. The van der Waals surface area contributed by atoms with Gasteiger partial charge in [-0.15, -0.1) is 0 Å². The minimum atomic E-state index is -0.0336. The molecule has 0 aliphatic heterocycles. The molecule has 1 saturated carbocycles. The average molecular weight is 410 g/mol. The first-order valence-electron chi connectivity index (χ1n) is 9.82. The minimum Gasteiger partial charge on any atom is -0.492 e. The number of fused-ring (bicyclic) bond motifs is 1. The van der Waals surface area contributed by atoms with E-state index in [1.165, 1.54) is 6.92 Å². The van der Waals surface area contributed by atoms with Crippen molar-refractivity contribution >= 4 is 28.5 Å². The quantitative estimate of drug-likeness (QED) is 0.691. The van der Waals surface area contributed by atoms with E-state index in [-0.39, 0.29) is 24.2 Å². The summed E-state index contributed by atoms with van der Waals surface area (Å²) in [5.41, 5.74) is 1.60. The lowest BCUT2D eigenvalue weighted by atomic mass is 9.95. The number of imidazole rings is 1. The minimum absolute atomic E-state index is 0.0235. The van der Waals surface area contributed by atoms with E-state index in [2.05, 4.69) is 15.3 Å². The number of nitrogens with one attached hydrogen (secondary N) is 2. The summed E-state index contributed by atoms with van der Waals surface area (Å²) < 4.78 is 17.5. The van der Waals surface area contributed by atoms with Crippen molar-refractivity contribution in [1.29, 1.82) is 0 Å². The Kier molecular flexibility index (Phi) is 7.02. The van der Waals surface area contributed by atoms with E-state index >= 15 is 0 Å².